The van der Waals surface area contributed by atoms with E-state index in [2.05, 4.69) is 0 Å². The maximum absolute atomic E-state index is 13.3. The zero-order valence-corrected chi connectivity index (χ0v) is 10.5. The van der Waals surface area contributed by atoms with Gasteiger partial charge in [0, 0.05) is 13.1 Å². The number of hydrogen-bond acceptors (Lipinski definition) is 2. The van der Waals surface area contributed by atoms with Crippen molar-refractivity contribution in [2.45, 2.75) is 19.3 Å². The highest BCUT2D eigenvalue weighted by Gasteiger charge is 2.28. The van der Waals surface area contributed by atoms with Crippen LogP contribution in [0.5, 0.6) is 5.75 Å². The maximum Gasteiger partial charge on any atom is 0.224 e. The number of hydrogen-bond donors (Lipinski definition) is 0. The van der Waals surface area contributed by atoms with Gasteiger partial charge in [-0.1, -0.05) is 6.42 Å². The molecule has 0 N–H and O–H groups in total. The molecule has 0 radical (unpaired) electrons. The average Bonchev–Trinajstić information content (AvgIpc) is 2.40. The highest BCUT2D eigenvalue weighted by Crippen LogP contribution is 2.30. The van der Waals surface area contributed by atoms with E-state index < -0.39 is 34.8 Å². The topological polar surface area (TPSA) is 12.5 Å². The third kappa shape index (κ3) is 3.09. The summed E-state index contributed by atoms with van der Waals surface area (Å²) in [6.07, 6.45) is 2.43. The molecule has 0 unspecified atom stereocenters. The van der Waals surface area contributed by atoms with Gasteiger partial charge in [0.05, 0.1) is 0 Å². The van der Waals surface area contributed by atoms with Crippen LogP contribution in [0.4, 0.5) is 22.0 Å². The van der Waals surface area contributed by atoms with Crippen LogP contribution in [-0.4, -0.2) is 18.2 Å². The molecule has 1 aromatic carbocycles. The summed E-state index contributed by atoms with van der Waals surface area (Å²) >= 11 is 0. The summed E-state index contributed by atoms with van der Waals surface area (Å²) in [5.41, 5.74) is 0. The van der Waals surface area contributed by atoms with Crippen molar-refractivity contribution in [1.29, 1.82) is 0 Å². The summed E-state index contributed by atoms with van der Waals surface area (Å²) in [4.78, 5) is 4.77. The molecule has 0 aromatic heterocycles. The zero-order valence-electron chi connectivity index (χ0n) is 9.69. The van der Waals surface area contributed by atoms with Crippen LogP contribution < -0.4 is 4.84 Å². The number of halogens is 6. The van der Waals surface area contributed by atoms with E-state index in [1.165, 1.54) is 5.06 Å². The molecule has 2 nitrogen and oxygen atoms in total. The van der Waals surface area contributed by atoms with Gasteiger partial charge in [0.25, 0.3) is 0 Å². The normalized spacial score (nSPS) is 16.1. The Bertz CT molecular complexity index is 436. The molecule has 0 amide bonds. The van der Waals surface area contributed by atoms with Crippen LogP contribution in [0, 0.1) is 29.1 Å². The SMILES string of the molecule is Cl.Fc1c(F)c(F)c(ON2CCCCC2)c(F)c1F. The van der Waals surface area contributed by atoms with Crippen molar-refractivity contribution in [3.8, 4) is 5.75 Å². The Kier molecular flexibility index (Phi) is 5.37. The Morgan fingerprint density at radius 2 is 1.11 bits per heavy atom. The molecule has 0 spiro atoms. The Hall–Kier alpha value is -1.08. The van der Waals surface area contributed by atoms with Gasteiger partial charge in [-0.15, -0.1) is 17.5 Å². The standard InChI is InChI=1S/C11H10F5NO.ClH/c12-6-7(13)9(15)11(10(16)8(6)14)18-17-4-2-1-3-5-17;/h1-5H2;1H. The molecule has 0 bridgehead atoms. The molecule has 0 saturated carbocycles. The number of piperidine rings is 1. The summed E-state index contributed by atoms with van der Waals surface area (Å²) in [6, 6.07) is 0. The molecular formula is C11H11ClF5NO. The minimum absolute atomic E-state index is 0. The zero-order chi connectivity index (χ0) is 13.3. The molecule has 1 aliphatic rings. The first-order chi connectivity index (χ1) is 8.52. The van der Waals surface area contributed by atoms with Crippen molar-refractivity contribution < 1.29 is 26.8 Å². The van der Waals surface area contributed by atoms with E-state index in [1.54, 1.807) is 0 Å². The van der Waals surface area contributed by atoms with Gasteiger partial charge in [-0.25, -0.2) is 13.2 Å². The number of hydroxylamine groups is 2. The average molecular weight is 304 g/mol. The van der Waals surface area contributed by atoms with Crippen LogP contribution in [0.2, 0.25) is 0 Å². The number of nitrogens with zero attached hydrogens (tertiary/aromatic N) is 1. The minimum atomic E-state index is -2.18. The predicted molar refractivity (Wildman–Crippen MR) is 59.5 cm³/mol. The number of rotatable bonds is 2. The van der Waals surface area contributed by atoms with E-state index in [0.717, 1.165) is 19.3 Å². The lowest BCUT2D eigenvalue weighted by molar-refractivity contribution is -0.0789. The largest absolute Gasteiger partial charge is 0.399 e. The van der Waals surface area contributed by atoms with E-state index in [0.29, 0.717) is 13.1 Å². The molecule has 1 fully saturated rings. The number of benzene rings is 1. The first-order valence-electron chi connectivity index (χ1n) is 5.46. The highest BCUT2D eigenvalue weighted by atomic mass is 35.5. The van der Waals surface area contributed by atoms with Gasteiger partial charge in [0.1, 0.15) is 0 Å². The van der Waals surface area contributed by atoms with Crippen molar-refractivity contribution >= 4 is 12.4 Å². The van der Waals surface area contributed by atoms with Gasteiger partial charge >= 0.3 is 0 Å². The van der Waals surface area contributed by atoms with Crippen molar-refractivity contribution in [2.75, 3.05) is 13.1 Å². The Morgan fingerprint density at radius 1 is 0.684 bits per heavy atom. The third-order valence-corrected chi connectivity index (χ3v) is 2.70. The maximum atomic E-state index is 13.3. The molecule has 1 saturated heterocycles. The third-order valence-electron chi connectivity index (χ3n) is 2.70. The van der Waals surface area contributed by atoms with Crippen LogP contribution in [-0.2, 0) is 0 Å². The van der Waals surface area contributed by atoms with Crippen molar-refractivity contribution in [3.63, 3.8) is 0 Å². The Balaban J connectivity index is 0.00000180. The Labute approximate surface area is 112 Å². The van der Waals surface area contributed by atoms with E-state index in [9.17, 15) is 22.0 Å². The minimum Gasteiger partial charge on any atom is -0.399 e. The Morgan fingerprint density at radius 3 is 1.58 bits per heavy atom. The summed E-state index contributed by atoms with van der Waals surface area (Å²) in [5, 5.41) is 1.20. The molecule has 8 heteroatoms. The van der Waals surface area contributed by atoms with Crippen LogP contribution in [0.25, 0.3) is 0 Å². The fourth-order valence-electron chi connectivity index (χ4n) is 1.75. The molecule has 0 aliphatic carbocycles. The predicted octanol–water partition coefficient (Wildman–Crippen LogP) is 3.58. The van der Waals surface area contributed by atoms with Gasteiger partial charge < -0.3 is 4.84 Å². The molecule has 0 atom stereocenters. The second-order valence-electron chi connectivity index (χ2n) is 3.98. The highest BCUT2D eigenvalue weighted by molar-refractivity contribution is 5.85. The van der Waals surface area contributed by atoms with Crippen LogP contribution in [0.1, 0.15) is 19.3 Å². The fourth-order valence-corrected chi connectivity index (χ4v) is 1.75. The fraction of sp³-hybridized carbons (Fsp3) is 0.455. The summed E-state index contributed by atoms with van der Waals surface area (Å²) in [6.45, 7) is 0.777. The van der Waals surface area contributed by atoms with Gasteiger partial charge in [0.2, 0.25) is 34.8 Å². The lowest BCUT2D eigenvalue weighted by Gasteiger charge is -2.26. The lowest BCUT2D eigenvalue weighted by atomic mass is 10.2. The van der Waals surface area contributed by atoms with E-state index >= 15 is 0 Å². The van der Waals surface area contributed by atoms with Crippen molar-refractivity contribution in [3.05, 3.63) is 29.1 Å². The molecule has 108 valence electrons. The van der Waals surface area contributed by atoms with Crippen LogP contribution in [0.3, 0.4) is 0 Å². The first-order valence-corrected chi connectivity index (χ1v) is 5.46. The smallest absolute Gasteiger partial charge is 0.224 e. The van der Waals surface area contributed by atoms with Gasteiger partial charge in [-0.3, -0.25) is 0 Å². The molecular weight excluding hydrogens is 293 g/mol. The summed E-state index contributed by atoms with van der Waals surface area (Å²) in [7, 11) is 0. The van der Waals surface area contributed by atoms with Gasteiger partial charge in [-0.05, 0) is 12.8 Å². The van der Waals surface area contributed by atoms with Crippen LogP contribution >= 0.6 is 12.4 Å². The lowest BCUT2D eigenvalue weighted by Crippen LogP contribution is -2.33. The summed E-state index contributed by atoms with van der Waals surface area (Å²) in [5.74, 6) is -11.3. The van der Waals surface area contributed by atoms with E-state index in [1.807, 2.05) is 0 Å². The van der Waals surface area contributed by atoms with Crippen molar-refractivity contribution in [2.24, 2.45) is 0 Å². The quantitative estimate of drug-likeness (QED) is 0.470. The molecule has 2 rings (SSSR count). The second kappa shape index (κ2) is 6.38. The first kappa shape index (κ1) is 16.0. The van der Waals surface area contributed by atoms with Gasteiger partial charge in [0.15, 0.2) is 0 Å². The summed E-state index contributed by atoms with van der Waals surface area (Å²) < 4.78 is 65.1. The van der Waals surface area contributed by atoms with Crippen LogP contribution in [0.15, 0.2) is 0 Å². The van der Waals surface area contributed by atoms with E-state index in [-0.39, 0.29) is 12.4 Å². The molecule has 19 heavy (non-hydrogen) atoms. The molecule has 1 aromatic rings. The second-order valence-corrected chi connectivity index (χ2v) is 3.98. The molecule has 1 heterocycles. The van der Waals surface area contributed by atoms with Gasteiger partial charge in [-0.2, -0.15) is 8.78 Å². The van der Waals surface area contributed by atoms with E-state index in [4.69, 9.17) is 4.84 Å². The van der Waals surface area contributed by atoms with Crippen molar-refractivity contribution in [1.82, 2.24) is 5.06 Å². The molecule has 1 aliphatic heterocycles. The monoisotopic (exact) mass is 303 g/mol.